The van der Waals surface area contributed by atoms with E-state index in [1.165, 1.54) is 12.8 Å². The largest absolute Gasteiger partial charge is 0.370 e. The number of carbonyl (C=O) groups excluding carboxylic acids is 1. The van der Waals surface area contributed by atoms with Crippen molar-refractivity contribution in [3.05, 3.63) is 23.9 Å². The van der Waals surface area contributed by atoms with Crippen molar-refractivity contribution in [1.29, 1.82) is 0 Å². The minimum atomic E-state index is -0.00524. The second-order valence-electron chi connectivity index (χ2n) is 5.61. The molecular weight excluding hydrogens is 264 g/mol. The van der Waals surface area contributed by atoms with Crippen LogP contribution in [0.4, 0.5) is 5.82 Å². The zero-order chi connectivity index (χ0) is 15.1. The number of likely N-dealkylation sites (N-methyl/N-ethyl adjacent to an activating group) is 1. The Morgan fingerprint density at radius 3 is 2.86 bits per heavy atom. The van der Waals surface area contributed by atoms with Crippen LogP contribution in [-0.2, 0) is 0 Å². The predicted octanol–water partition coefficient (Wildman–Crippen LogP) is 2.07. The van der Waals surface area contributed by atoms with E-state index in [1.54, 1.807) is 11.0 Å². The van der Waals surface area contributed by atoms with E-state index < -0.39 is 0 Å². The molecule has 0 radical (unpaired) electrons. The van der Waals surface area contributed by atoms with E-state index in [9.17, 15) is 4.79 Å². The summed E-state index contributed by atoms with van der Waals surface area (Å²) in [6, 6.07) is 5.56. The van der Waals surface area contributed by atoms with Gasteiger partial charge in [-0.2, -0.15) is 0 Å². The molecule has 0 bridgehead atoms. The third kappa shape index (κ3) is 4.70. The molecular formula is C16H26N4O. The second kappa shape index (κ2) is 7.98. The highest BCUT2D eigenvalue weighted by atomic mass is 16.2. The third-order valence-electron chi connectivity index (χ3n) is 3.82. The van der Waals surface area contributed by atoms with Gasteiger partial charge in [-0.05, 0) is 44.5 Å². The maximum atomic E-state index is 12.4. The topological polar surface area (TPSA) is 48.5 Å². The van der Waals surface area contributed by atoms with Crippen molar-refractivity contribution in [2.24, 2.45) is 0 Å². The lowest BCUT2D eigenvalue weighted by Gasteiger charge is -2.21. The number of carbonyl (C=O) groups is 1. The highest BCUT2D eigenvalue weighted by Crippen LogP contribution is 2.09. The standard InChI is InChI=1S/C16H26N4O/c1-3-9-17-15-8-6-7-14(18-15)16(21)19(2)12-13-20-10-4-5-11-20/h6-8H,3-5,9-13H2,1-2H3,(H,17,18). The van der Waals surface area contributed by atoms with Gasteiger partial charge in [-0.3, -0.25) is 4.79 Å². The van der Waals surface area contributed by atoms with Gasteiger partial charge in [0, 0.05) is 26.7 Å². The molecule has 21 heavy (non-hydrogen) atoms. The SMILES string of the molecule is CCCNc1cccc(C(=O)N(C)CCN2CCCC2)n1. The van der Waals surface area contributed by atoms with Gasteiger partial charge in [-0.15, -0.1) is 0 Å². The molecule has 1 aliphatic rings. The van der Waals surface area contributed by atoms with Crippen LogP contribution in [0.25, 0.3) is 0 Å². The van der Waals surface area contributed by atoms with Crippen LogP contribution in [0.15, 0.2) is 18.2 Å². The molecule has 0 saturated carbocycles. The molecule has 1 fully saturated rings. The highest BCUT2D eigenvalue weighted by Gasteiger charge is 2.16. The van der Waals surface area contributed by atoms with E-state index in [0.29, 0.717) is 5.69 Å². The first-order chi connectivity index (χ1) is 10.2. The lowest BCUT2D eigenvalue weighted by Crippen LogP contribution is -2.35. The van der Waals surface area contributed by atoms with Crippen molar-refractivity contribution < 1.29 is 4.79 Å². The molecule has 5 heteroatoms. The van der Waals surface area contributed by atoms with Gasteiger partial charge in [0.15, 0.2) is 0 Å². The van der Waals surface area contributed by atoms with E-state index in [4.69, 9.17) is 0 Å². The Labute approximate surface area is 127 Å². The molecule has 1 N–H and O–H groups in total. The Bertz CT molecular complexity index is 457. The number of nitrogens with one attached hydrogen (secondary N) is 1. The third-order valence-corrected chi connectivity index (χ3v) is 3.82. The summed E-state index contributed by atoms with van der Waals surface area (Å²) in [5.74, 6) is 0.769. The summed E-state index contributed by atoms with van der Waals surface area (Å²) in [5.41, 5.74) is 0.514. The summed E-state index contributed by atoms with van der Waals surface area (Å²) in [7, 11) is 1.85. The van der Waals surface area contributed by atoms with Crippen molar-refractivity contribution in [2.45, 2.75) is 26.2 Å². The lowest BCUT2D eigenvalue weighted by molar-refractivity contribution is 0.0776. The number of hydrogen-bond donors (Lipinski definition) is 1. The lowest BCUT2D eigenvalue weighted by atomic mass is 10.3. The smallest absolute Gasteiger partial charge is 0.272 e. The van der Waals surface area contributed by atoms with Gasteiger partial charge in [0.25, 0.3) is 5.91 Å². The van der Waals surface area contributed by atoms with E-state index in [2.05, 4.69) is 22.1 Å². The first-order valence-corrected chi connectivity index (χ1v) is 7.89. The van der Waals surface area contributed by atoms with Crippen LogP contribution in [-0.4, -0.2) is 60.5 Å². The number of nitrogens with zero attached hydrogens (tertiary/aromatic N) is 3. The molecule has 1 aromatic heterocycles. The highest BCUT2D eigenvalue weighted by molar-refractivity contribution is 5.92. The van der Waals surface area contributed by atoms with Gasteiger partial charge in [-0.25, -0.2) is 4.98 Å². The maximum Gasteiger partial charge on any atom is 0.272 e. The molecule has 0 atom stereocenters. The fourth-order valence-electron chi connectivity index (χ4n) is 2.50. The zero-order valence-corrected chi connectivity index (χ0v) is 13.1. The summed E-state index contributed by atoms with van der Waals surface area (Å²) >= 11 is 0. The molecule has 0 aliphatic carbocycles. The van der Waals surface area contributed by atoms with Gasteiger partial charge >= 0.3 is 0 Å². The monoisotopic (exact) mass is 290 g/mol. The summed E-state index contributed by atoms with van der Waals surface area (Å²) in [5, 5.41) is 3.22. The van der Waals surface area contributed by atoms with Crippen molar-refractivity contribution in [1.82, 2.24) is 14.8 Å². The molecule has 0 unspecified atom stereocenters. The van der Waals surface area contributed by atoms with Crippen LogP contribution in [0.3, 0.4) is 0 Å². The van der Waals surface area contributed by atoms with Crippen LogP contribution in [0.1, 0.15) is 36.7 Å². The van der Waals surface area contributed by atoms with E-state index in [0.717, 1.165) is 45.0 Å². The van der Waals surface area contributed by atoms with Crippen molar-refractivity contribution in [3.8, 4) is 0 Å². The normalized spacial score (nSPS) is 15.1. The Hall–Kier alpha value is -1.62. The Morgan fingerprint density at radius 1 is 1.38 bits per heavy atom. The molecule has 0 spiro atoms. The molecule has 1 aromatic rings. The van der Waals surface area contributed by atoms with Crippen molar-refractivity contribution >= 4 is 11.7 Å². The molecule has 2 heterocycles. The Morgan fingerprint density at radius 2 is 2.14 bits per heavy atom. The van der Waals surface area contributed by atoms with Gasteiger partial charge in [0.1, 0.15) is 11.5 Å². The first-order valence-electron chi connectivity index (χ1n) is 7.89. The quantitative estimate of drug-likeness (QED) is 0.835. The molecule has 1 amide bonds. The number of rotatable bonds is 7. The molecule has 1 saturated heterocycles. The van der Waals surface area contributed by atoms with Crippen LogP contribution in [0, 0.1) is 0 Å². The number of amides is 1. The van der Waals surface area contributed by atoms with Gasteiger partial charge in [-0.1, -0.05) is 13.0 Å². The second-order valence-corrected chi connectivity index (χ2v) is 5.61. The maximum absolute atomic E-state index is 12.4. The number of hydrogen-bond acceptors (Lipinski definition) is 4. The first kappa shape index (κ1) is 15.8. The van der Waals surface area contributed by atoms with E-state index in [-0.39, 0.29) is 5.91 Å². The van der Waals surface area contributed by atoms with Crippen LogP contribution in [0.2, 0.25) is 0 Å². The van der Waals surface area contributed by atoms with Crippen molar-refractivity contribution in [2.75, 3.05) is 45.1 Å². The molecule has 0 aromatic carbocycles. The van der Waals surface area contributed by atoms with E-state index in [1.807, 2.05) is 19.2 Å². The Balaban J connectivity index is 1.88. The number of likely N-dealkylation sites (tertiary alicyclic amines) is 1. The summed E-state index contributed by atoms with van der Waals surface area (Å²) in [6.07, 6.45) is 3.60. The average Bonchev–Trinajstić information content (AvgIpc) is 3.03. The minimum Gasteiger partial charge on any atom is -0.370 e. The molecule has 116 valence electrons. The van der Waals surface area contributed by atoms with Crippen LogP contribution >= 0.6 is 0 Å². The van der Waals surface area contributed by atoms with Gasteiger partial charge < -0.3 is 15.1 Å². The van der Waals surface area contributed by atoms with Crippen LogP contribution in [0.5, 0.6) is 0 Å². The van der Waals surface area contributed by atoms with E-state index >= 15 is 0 Å². The zero-order valence-electron chi connectivity index (χ0n) is 13.1. The van der Waals surface area contributed by atoms with Crippen molar-refractivity contribution in [3.63, 3.8) is 0 Å². The Kier molecular flexibility index (Phi) is 5.99. The van der Waals surface area contributed by atoms with Gasteiger partial charge in [0.2, 0.25) is 0 Å². The van der Waals surface area contributed by atoms with Crippen LogP contribution < -0.4 is 5.32 Å². The number of pyridine rings is 1. The fourth-order valence-corrected chi connectivity index (χ4v) is 2.50. The predicted molar refractivity (Wildman–Crippen MR) is 85.7 cm³/mol. The minimum absolute atomic E-state index is 0.00524. The molecule has 2 rings (SSSR count). The number of aromatic nitrogens is 1. The summed E-state index contributed by atoms with van der Waals surface area (Å²) in [4.78, 5) is 21.0. The fraction of sp³-hybridized carbons (Fsp3) is 0.625. The number of anilines is 1. The molecule has 1 aliphatic heterocycles. The summed E-state index contributed by atoms with van der Waals surface area (Å²) < 4.78 is 0. The summed E-state index contributed by atoms with van der Waals surface area (Å²) in [6.45, 7) is 7.01. The molecule has 5 nitrogen and oxygen atoms in total. The van der Waals surface area contributed by atoms with Gasteiger partial charge in [0.05, 0.1) is 0 Å². The average molecular weight is 290 g/mol.